The minimum atomic E-state index is -0.912. The summed E-state index contributed by atoms with van der Waals surface area (Å²) in [6.07, 6.45) is 0. The van der Waals surface area contributed by atoms with E-state index in [2.05, 4.69) is 10.9 Å². The molecule has 4 aliphatic rings. The number of likely N-dealkylation sites (tertiary alicyclic amines) is 1. The van der Waals surface area contributed by atoms with Gasteiger partial charge in [0, 0.05) is 11.8 Å². The van der Waals surface area contributed by atoms with Crippen LogP contribution in [0.3, 0.4) is 0 Å². The van der Waals surface area contributed by atoms with Crippen LogP contribution in [0, 0.1) is 11.8 Å². The molecular formula is C29H22ClN3O6. The molecular weight excluding hydrogens is 522 g/mol. The molecule has 1 fully saturated rings. The van der Waals surface area contributed by atoms with Crippen LogP contribution in [0.1, 0.15) is 44.4 Å². The minimum Gasteiger partial charge on any atom is -0.454 e. The van der Waals surface area contributed by atoms with Crippen molar-refractivity contribution in [2.75, 3.05) is 13.2 Å². The molecule has 0 aromatic heterocycles. The van der Waals surface area contributed by atoms with Gasteiger partial charge in [-0.2, -0.15) is 0 Å². The van der Waals surface area contributed by atoms with Crippen LogP contribution in [-0.2, 0) is 23.9 Å². The number of halogens is 1. The van der Waals surface area contributed by atoms with Crippen molar-refractivity contribution >= 4 is 41.2 Å². The Morgan fingerprint density at radius 1 is 0.744 bits per heavy atom. The Balaban J connectivity index is 1.11. The fourth-order valence-corrected chi connectivity index (χ4v) is 6.31. The normalized spacial score (nSPS) is 22.0. The molecule has 1 heterocycles. The van der Waals surface area contributed by atoms with Crippen LogP contribution in [0.4, 0.5) is 0 Å². The molecule has 0 radical (unpaired) electrons. The van der Waals surface area contributed by atoms with Crippen LogP contribution in [0.25, 0.3) is 0 Å². The van der Waals surface area contributed by atoms with E-state index in [0.29, 0.717) is 0 Å². The van der Waals surface area contributed by atoms with E-state index in [9.17, 15) is 24.0 Å². The van der Waals surface area contributed by atoms with Crippen molar-refractivity contribution in [3.8, 4) is 0 Å². The number of rotatable bonds is 5. The second-order valence-corrected chi connectivity index (χ2v) is 10.1. The zero-order chi connectivity index (χ0) is 27.3. The Morgan fingerprint density at radius 2 is 1.23 bits per heavy atom. The fourth-order valence-electron chi connectivity index (χ4n) is 6.09. The summed E-state index contributed by atoms with van der Waals surface area (Å²) in [7, 11) is 0. The van der Waals surface area contributed by atoms with E-state index in [4.69, 9.17) is 16.3 Å². The predicted molar refractivity (Wildman–Crippen MR) is 138 cm³/mol. The van der Waals surface area contributed by atoms with Crippen LogP contribution in [0.5, 0.6) is 0 Å². The highest BCUT2D eigenvalue weighted by Gasteiger charge is 2.61. The maximum absolute atomic E-state index is 13.5. The molecule has 2 N–H and O–H groups in total. The van der Waals surface area contributed by atoms with Gasteiger partial charge in [-0.15, -0.1) is 0 Å². The van der Waals surface area contributed by atoms with Crippen LogP contribution in [-0.4, -0.2) is 47.6 Å². The largest absolute Gasteiger partial charge is 0.454 e. The van der Waals surface area contributed by atoms with Crippen LogP contribution >= 0.6 is 11.6 Å². The Labute approximate surface area is 228 Å². The lowest BCUT2D eigenvalue weighted by Crippen LogP contribution is -2.44. The van der Waals surface area contributed by atoms with Gasteiger partial charge in [-0.05, 0) is 34.4 Å². The number of imide groups is 1. The summed E-state index contributed by atoms with van der Waals surface area (Å²) in [5.74, 6) is -4.98. The van der Waals surface area contributed by atoms with Crippen LogP contribution in [0.2, 0.25) is 5.02 Å². The first-order chi connectivity index (χ1) is 18.9. The molecule has 0 saturated carbocycles. The average Bonchev–Trinajstić information content (AvgIpc) is 3.20. The summed E-state index contributed by atoms with van der Waals surface area (Å²) >= 11 is 5.96. The maximum Gasteiger partial charge on any atom is 0.326 e. The molecule has 1 saturated heterocycles. The molecule has 1 aliphatic heterocycles. The molecule has 4 amide bonds. The number of ether oxygens (including phenoxy) is 1. The van der Waals surface area contributed by atoms with Crippen LogP contribution < -0.4 is 10.9 Å². The molecule has 3 aromatic rings. The van der Waals surface area contributed by atoms with E-state index in [-0.39, 0.29) is 22.4 Å². The Hall–Kier alpha value is -4.50. The number of carbonyl (C=O) groups excluding carboxylic acids is 5. The van der Waals surface area contributed by atoms with Gasteiger partial charge in [0.1, 0.15) is 6.54 Å². The first kappa shape index (κ1) is 24.8. The van der Waals surface area contributed by atoms with E-state index < -0.39 is 54.6 Å². The second-order valence-electron chi connectivity index (χ2n) is 9.67. The number of nitrogens with one attached hydrogen (secondary N) is 2. The molecule has 0 spiro atoms. The second kappa shape index (κ2) is 9.67. The SMILES string of the molecule is O=C(COC(=O)CN1C(=O)[C@@H]2C3c4ccccc4C(c4ccccc43)[C@@H]2C1=O)NNC(=O)c1ccccc1Cl. The number of hydrazine groups is 1. The van der Waals surface area contributed by atoms with E-state index in [1.54, 1.807) is 12.1 Å². The van der Waals surface area contributed by atoms with Crippen molar-refractivity contribution in [1.82, 2.24) is 15.8 Å². The average molecular weight is 544 g/mol. The predicted octanol–water partition coefficient (Wildman–Crippen LogP) is 2.54. The highest BCUT2D eigenvalue weighted by atomic mass is 35.5. The minimum absolute atomic E-state index is 0.155. The smallest absolute Gasteiger partial charge is 0.326 e. The summed E-state index contributed by atoms with van der Waals surface area (Å²) in [4.78, 5) is 64.8. The number of hydrogen-bond acceptors (Lipinski definition) is 6. The highest BCUT2D eigenvalue weighted by molar-refractivity contribution is 6.33. The zero-order valence-corrected chi connectivity index (χ0v) is 21.2. The Kier molecular flexibility index (Phi) is 6.15. The molecule has 0 unspecified atom stereocenters. The summed E-state index contributed by atoms with van der Waals surface area (Å²) in [6, 6.07) is 22.0. The topological polar surface area (TPSA) is 122 Å². The van der Waals surface area contributed by atoms with Gasteiger partial charge in [0.05, 0.1) is 22.4 Å². The van der Waals surface area contributed by atoms with Gasteiger partial charge in [-0.3, -0.25) is 39.7 Å². The van der Waals surface area contributed by atoms with E-state index in [1.807, 2.05) is 48.5 Å². The molecule has 2 bridgehead atoms. The van der Waals surface area contributed by atoms with Crippen molar-refractivity contribution in [2.24, 2.45) is 11.8 Å². The number of hydrogen-bond donors (Lipinski definition) is 2. The summed E-state index contributed by atoms with van der Waals surface area (Å²) in [5, 5.41) is 0.204. The van der Waals surface area contributed by atoms with E-state index >= 15 is 0 Å². The Bertz CT molecular complexity index is 1440. The first-order valence-corrected chi connectivity index (χ1v) is 12.8. The lowest BCUT2D eigenvalue weighted by Gasteiger charge is -2.45. The standard InChI is InChI=1S/C29H22ClN3O6/c30-20-12-6-5-11-19(20)27(36)32-31-21(34)14-39-22(35)13-33-28(37)25-23-15-7-1-2-8-16(15)24(26(25)29(33)38)18-10-4-3-9-17(18)23/h1-12,23-26H,13-14H2,(H,31,34)(H,32,36)/t23?,24?,25-,26+. The fraction of sp³-hybridized carbons (Fsp3) is 0.207. The Morgan fingerprint density at radius 3 is 1.74 bits per heavy atom. The third-order valence-corrected chi connectivity index (χ3v) is 7.95. The van der Waals surface area contributed by atoms with Crippen LogP contribution in [0.15, 0.2) is 72.8 Å². The van der Waals surface area contributed by atoms with Crippen molar-refractivity contribution in [1.29, 1.82) is 0 Å². The van der Waals surface area contributed by atoms with Gasteiger partial charge in [0.15, 0.2) is 6.61 Å². The third kappa shape index (κ3) is 4.06. The number of carbonyl (C=O) groups is 5. The number of nitrogens with zero attached hydrogens (tertiary/aromatic N) is 1. The van der Waals surface area contributed by atoms with Crippen molar-refractivity contribution in [3.63, 3.8) is 0 Å². The van der Waals surface area contributed by atoms with Gasteiger partial charge >= 0.3 is 5.97 Å². The highest BCUT2D eigenvalue weighted by Crippen LogP contribution is 2.60. The molecule has 3 aromatic carbocycles. The van der Waals surface area contributed by atoms with Crippen molar-refractivity contribution in [3.05, 3.63) is 106 Å². The van der Waals surface area contributed by atoms with Crippen molar-refractivity contribution < 1.29 is 28.7 Å². The molecule has 196 valence electrons. The number of benzene rings is 3. The lowest BCUT2D eigenvalue weighted by molar-refractivity contribution is -0.155. The molecule has 39 heavy (non-hydrogen) atoms. The van der Waals surface area contributed by atoms with Gasteiger partial charge in [0.25, 0.3) is 11.8 Å². The molecule has 10 heteroatoms. The molecule has 7 rings (SSSR count). The summed E-state index contributed by atoms with van der Waals surface area (Å²) < 4.78 is 5.00. The molecule has 3 aliphatic carbocycles. The number of esters is 1. The third-order valence-electron chi connectivity index (χ3n) is 7.63. The van der Waals surface area contributed by atoms with Gasteiger partial charge in [-0.25, -0.2) is 0 Å². The molecule has 9 nitrogen and oxygen atoms in total. The first-order valence-electron chi connectivity index (χ1n) is 12.4. The maximum atomic E-state index is 13.5. The van der Waals surface area contributed by atoms with Crippen molar-refractivity contribution in [2.45, 2.75) is 11.8 Å². The summed E-state index contributed by atoms with van der Waals surface area (Å²) in [6.45, 7) is -1.32. The van der Waals surface area contributed by atoms with Gasteiger partial charge < -0.3 is 4.74 Å². The number of amides is 4. The van der Waals surface area contributed by atoms with E-state index in [0.717, 1.165) is 27.2 Å². The zero-order valence-electron chi connectivity index (χ0n) is 20.4. The summed E-state index contributed by atoms with van der Waals surface area (Å²) in [5.41, 5.74) is 8.60. The van der Waals surface area contributed by atoms with Gasteiger partial charge in [-0.1, -0.05) is 72.3 Å². The molecule has 2 atom stereocenters. The lowest BCUT2D eigenvalue weighted by atomic mass is 9.55. The van der Waals surface area contributed by atoms with E-state index in [1.165, 1.54) is 12.1 Å². The monoisotopic (exact) mass is 543 g/mol. The quantitative estimate of drug-likeness (QED) is 0.290. The van der Waals surface area contributed by atoms with Gasteiger partial charge in [0.2, 0.25) is 11.8 Å².